The van der Waals surface area contributed by atoms with Gasteiger partial charge < -0.3 is 0 Å². The zero-order valence-electron chi connectivity index (χ0n) is 12.1. The number of nitrogens with one attached hydrogen (secondary N) is 2. The first-order chi connectivity index (χ1) is 11.3. The molecule has 0 saturated heterocycles. The third-order valence-electron chi connectivity index (χ3n) is 3.84. The highest BCUT2D eigenvalue weighted by molar-refractivity contribution is 5.92. The Balaban J connectivity index is 2.13. The van der Waals surface area contributed by atoms with Gasteiger partial charge in [-0.25, -0.2) is 0 Å². The van der Waals surface area contributed by atoms with Crippen LogP contribution in [0.15, 0.2) is 76.3 Å². The van der Waals surface area contributed by atoms with Gasteiger partial charge in [0, 0.05) is 11.6 Å². The van der Waals surface area contributed by atoms with Crippen molar-refractivity contribution >= 4 is 11.0 Å². The zero-order chi connectivity index (χ0) is 15.8. The summed E-state index contributed by atoms with van der Waals surface area (Å²) in [5, 5.41) is 5.89. The Bertz CT molecular complexity index is 1090. The molecule has 0 aliphatic rings. The average Bonchev–Trinajstić information content (AvgIpc) is 2.97. The maximum Gasteiger partial charge on any atom is 0.274 e. The fourth-order valence-electron chi connectivity index (χ4n) is 2.82. The maximum absolute atomic E-state index is 12.7. The molecule has 0 spiro atoms. The predicted octanol–water partition coefficient (Wildman–Crippen LogP) is 2.67. The molecule has 4 aromatic rings. The molecule has 0 amide bonds. The quantitative estimate of drug-likeness (QED) is 0.597. The van der Waals surface area contributed by atoms with E-state index >= 15 is 0 Å². The molecule has 0 unspecified atom stereocenters. The predicted molar refractivity (Wildman–Crippen MR) is 90.0 cm³/mol. The van der Waals surface area contributed by atoms with Crippen molar-refractivity contribution in [1.82, 2.24) is 14.8 Å². The lowest BCUT2D eigenvalue weighted by molar-refractivity contribution is 0.983. The third-order valence-corrected chi connectivity index (χ3v) is 3.84. The molecule has 0 aliphatic carbocycles. The summed E-state index contributed by atoms with van der Waals surface area (Å²) in [7, 11) is 0. The maximum atomic E-state index is 12.7. The zero-order valence-corrected chi connectivity index (χ0v) is 12.1. The molecule has 5 nitrogen and oxygen atoms in total. The van der Waals surface area contributed by atoms with Gasteiger partial charge in [-0.2, -0.15) is 0 Å². The molecular formula is C18H13N3O2. The van der Waals surface area contributed by atoms with Gasteiger partial charge in [0.15, 0.2) is 0 Å². The van der Waals surface area contributed by atoms with Crippen LogP contribution in [-0.2, 0) is 0 Å². The fraction of sp³-hybridized carbons (Fsp3) is 0. The van der Waals surface area contributed by atoms with Crippen molar-refractivity contribution in [2.45, 2.75) is 0 Å². The fourth-order valence-corrected chi connectivity index (χ4v) is 2.82. The first-order valence-corrected chi connectivity index (χ1v) is 7.23. The minimum Gasteiger partial charge on any atom is -0.282 e. The molecule has 2 heterocycles. The minimum atomic E-state index is -0.247. The topological polar surface area (TPSA) is 70.7 Å². The number of hydrogen-bond acceptors (Lipinski definition) is 2. The normalized spacial score (nSPS) is 11.0. The summed E-state index contributed by atoms with van der Waals surface area (Å²) in [6.07, 6.45) is 0. The average molecular weight is 303 g/mol. The Morgan fingerprint density at radius 2 is 1.43 bits per heavy atom. The molecule has 5 heteroatoms. The van der Waals surface area contributed by atoms with Crippen molar-refractivity contribution in [2.24, 2.45) is 0 Å². The van der Waals surface area contributed by atoms with Crippen LogP contribution < -0.4 is 11.1 Å². The molecule has 0 aliphatic heterocycles. The van der Waals surface area contributed by atoms with Gasteiger partial charge in [-0.1, -0.05) is 48.5 Å². The largest absolute Gasteiger partial charge is 0.282 e. The lowest BCUT2D eigenvalue weighted by atomic mass is 10.0. The van der Waals surface area contributed by atoms with E-state index in [-0.39, 0.29) is 11.1 Å². The number of hydrogen-bond donors (Lipinski definition) is 2. The van der Waals surface area contributed by atoms with Crippen LogP contribution >= 0.6 is 0 Å². The van der Waals surface area contributed by atoms with Crippen LogP contribution in [0.1, 0.15) is 0 Å². The summed E-state index contributed by atoms with van der Waals surface area (Å²) < 4.78 is 1.50. The Labute approximate surface area is 130 Å². The molecule has 0 bridgehead atoms. The van der Waals surface area contributed by atoms with E-state index < -0.39 is 0 Å². The number of benzene rings is 2. The van der Waals surface area contributed by atoms with E-state index in [1.165, 1.54) is 10.6 Å². The molecule has 2 aromatic heterocycles. The summed E-state index contributed by atoms with van der Waals surface area (Å²) in [4.78, 5) is 24.9. The second kappa shape index (κ2) is 5.14. The highest BCUT2D eigenvalue weighted by Gasteiger charge is 2.15. The number of para-hydroxylation sites is 1. The van der Waals surface area contributed by atoms with Crippen LogP contribution in [0.3, 0.4) is 0 Å². The van der Waals surface area contributed by atoms with Gasteiger partial charge in [0.25, 0.3) is 11.1 Å². The van der Waals surface area contributed by atoms with Crippen LogP contribution in [0.4, 0.5) is 0 Å². The summed E-state index contributed by atoms with van der Waals surface area (Å²) >= 11 is 0. The van der Waals surface area contributed by atoms with Crippen molar-refractivity contribution in [1.29, 1.82) is 0 Å². The minimum absolute atomic E-state index is 0.196. The second-order valence-electron chi connectivity index (χ2n) is 5.24. The highest BCUT2D eigenvalue weighted by atomic mass is 16.1. The number of aromatic amines is 2. The molecule has 0 atom stereocenters. The van der Waals surface area contributed by atoms with Crippen molar-refractivity contribution < 1.29 is 0 Å². The number of rotatable bonds is 2. The van der Waals surface area contributed by atoms with Gasteiger partial charge in [-0.3, -0.25) is 24.4 Å². The molecule has 112 valence electrons. The summed E-state index contributed by atoms with van der Waals surface area (Å²) in [6, 6.07) is 20.2. The number of aromatic nitrogens is 3. The van der Waals surface area contributed by atoms with E-state index in [2.05, 4.69) is 10.2 Å². The van der Waals surface area contributed by atoms with Gasteiger partial charge in [0.05, 0.1) is 11.1 Å². The van der Waals surface area contributed by atoms with E-state index in [1.54, 1.807) is 0 Å². The number of pyridine rings is 1. The van der Waals surface area contributed by atoms with Gasteiger partial charge in [-0.05, 0) is 17.7 Å². The number of nitrogens with zero attached hydrogens (tertiary/aromatic N) is 1. The Kier molecular flexibility index (Phi) is 2.98. The third kappa shape index (κ3) is 2.10. The van der Waals surface area contributed by atoms with Crippen molar-refractivity contribution in [3.05, 3.63) is 87.4 Å². The van der Waals surface area contributed by atoms with E-state index in [0.717, 1.165) is 5.56 Å². The van der Waals surface area contributed by atoms with Crippen molar-refractivity contribution in [3.8, 4) is 16.8 Å². The van der Waals surface area contributed by atoms with Gasteiger partial charge in [0.2, 0.25) is 0 Å². The summed E-state index contributed by atoms with van der Waals surface area (Å²) in [5.41, 5.74) is 2.19. The van der Waals surface area contributed by atoms with E-state index in [1.807, 2.05) is 60.7 Å². The Hall–Kier alpha value is -3.34. The van der Waals surface area contributed by atoms with E-state index in [4.69, 9.17) is 0 Å². The molecule has 23 heavy (non-hydrogen) atoms. The molecule has 0 radical (unpaired) electrons. The smallest absolute Gasteiger partial charge is 0.274 e. The molecular weight excluding hydrogens is 290 g/mol. The summed E-state index contributed by atoms with van der Waals surface area (Å²) in [6.45, 7) is 0. The van der Waals surface area contributed by atoms with Crippen LogP contribution in [0.5, 0.6) is 0 Å². The first-order valence-electron chi connectivity index (χ1n) is 7.23. The molecule has 2 N–H and O–H groups in total. The lowest BCUT2D eigenvalue weighted by Gasteiger charge is -2.09. The Morgan fingerprint density at radius 1 is 0.783 bits per heavy atom. The lowest BCUT2D eigenvalue weighted by Crippen LogP contribution is -2.19. The summed E-state index contributed by atoms with van der Waals surface area (Å²) in [5.74, 6) is 0. The van der Waals surface area contributed by atoms with Gasteiger partial charge in [0.1, 0.15) is 5.65 Å². The number of H-pyrrole nitrogens is 2. The van der Waals surface area contributed by atoms with Crippen molar-refractivity contribution in [2.75, 3.05) is 0 Å². The van der Waals surface area contributed by atoms with Crippen LogP contribution in [0, 0.1) is 0 Å². The van der Waals surface area contributed by atoms with Crippen LogP contribution in [0.2, 0.25) is 0 Å². The van der Waals surface area contributed by atoms with Gasteiger partial charge >= 0.3 is 0 Å². The Morgan fingerprint density at radius 3 is 2.13 bits per heavy atom. The van der Waals surface area contributed by atoms with Gasteiger partial charge in [-0.15, -0.1) is 0 Å². The second-order valence-corrected chi connectivity index (χ2v) is 5.24. The molecule has 0 fully saturated rings. The van der Waals surface area contributed by atoms with E-state index in [0.29, 0.717) is 22.3 Å². The molecule has 2 aromatic carbocycles. The first kappa shape index (κ1) is 13.3. The number of fused-ring (bicyclic) bond motifs is 1. The van der Waals surface area contributed by atoms with E-state index in [9.17, 15) is 9.59 Å². The standard InChI is InChI=1S/C18H13N3O2/c22-15-11-14(12-7-3-1-4-8-12)16-17(19-20-18(16)23)21(15)13-9-5-2-6-10-13/h1-11H,(H2,19,20,23). The molecule has 0 saturated carbocycles. The van der Waals surface area contributed by atoms with Crippen molar-refractivity contribution in [3.63, 3.8) is 0 Å². The molecule has 4 rings (SSSR count). The van der Waals surface area contributed by atoms with Crippen LogP contribution in [-0.4, -0.2) is 14.8 Å². The monoisotopic (exact) mass is 303 g/mol. The SMILES string of the molecule is O=c1[nH][nH]c2c1c(-c1ccccc1)cc(=O)n2-c1ccccc1. The highest BCUT2D eigenvalue weighted by Crippen LogP contribution is 2.24. The van der Waals surface area contributed by atoms with Crippen LogP contribution in [0.25, 0.3) is 27.8 Å².